The molecule has 0 spiro atoms. The first-order valence-corrected chi connectivity index (χ1v) is 28.2. The van der Waals surface area contributed by atoms with Crippen molar-refractivity contribution in [2.45, 2.75) is 347 Å². The number of aliphatic hydroxyl groups is 2. The normalized spacial score (nSPS) is 12.7. The number of amides is 1. The van der Waals surface area contributed by atoms with Crippen LogP contribution in [0.5, 0.6) is 0 Å². The lowest BCUT2D eigenvalue weighted by molar-refractivity contribution is -0.123. The fraction of sp³-hybridized carbons (Fsp3) is 0.982. The van der Waals surface area contributed by atoms with Crippen LogP contribution in [0.3, 0.4) is 0 Å². The predicted molar refractivity (Wildman–Crippen MR) is 267 cm³/mol. The number of aliphatic hydroxyl groups excluding tert-OH is 2. The smallest absolute Gasteiger partial charge is 0.220 e. The molecule has 0 rings (SSSR count). The molecule has 0 aromatic carbocycles. The minimum Gasteiger partial charge on any atom is -0.394 e. The van der Waals surface area contributed by atoms with Crippen molar-refractivity contribution in [3.05, 3.63) is 0 Å². The number of carbonyl (C=O) groups is 1. The van der Waals surface area contributed by atoms with Crippen LogP contribution in [0.15, 0.2) is 0 Å². The summed E-state index contributed by atoms with van der Waals surface area (Å²) >= 11 is 0. The van der Waals surface area contributed by atoms with E-state index in [1.54, 1.807) is 0 Å². The number of hydrogen-bond donors (Lipinski definition) is 3. The average Bonchev–Trinajstić information content (AvgIpc) is 3.25. The summed E-state index contributed by atoms with van der Waals surface area (Å²) in [5, 5.41) is 23.4. The van der Waals surface area contributed by atoms with Crippen LogP contribution in [-0.4, -0.2) is 34.9 Å². The number of nitrogens with one attached hydrogen (secondary N) is 1. The number of unbranched alkanes of at least 4 members (excludes halogenated alkanes) is 46. The quantitative estimate of drug-likeness (QED) is 0.0534. The van der Waals surface area contributed by atoms with Crippen molar-refractivity contribution in [1.82, 2.24) is 5.32 Å². The Hall–Kier alpha value is -0.610. The van der Waals surface area contributed by atoms with Crippen LogP contribution in [0, 0.1) is 0 Å². The summed E-state index contributed by atoms with van der Waals surface area (Å²) in [4.78, 5) is 12.5. The Bertz CT molecular complexity index is 788. The maximum absolute atomic E-state index is 12.5. The Morgan fingerprint density at radius 3 is 0.750 bits per heavy atom. The van der Waals surface area contributed by atoms with Gasteiger partial charge in [-0.05, 0) is 12.8 Å². The van der Waals surface area contributed by atoms with E-state index in [0.29, 0.717) is 12.8 Å². The molecule has 4 nitrogen and oxygen atoms in total. The molecule has 3 N–H and O–H groups in total. The van der Waals surface area contributed by atoms with Gasteiger partial charge in [0.05, 0.1) is 18.8 Å². The van der Waals surface area contributed by atoms with E-state index in [2.05, 4.69) is 19.2 Å². The highest BCUT2D eigenvalue weighted by Gasteiger charge is 2.20. The topological polar surface area (TPSA) is 69.6 Å². The highest BCUT2D eigenvalue weighted by atomic mass is 16.3. The van der Waals surface area contributed by atoms with Gasteiger partial charge < -0.3 is 15.5 Å². The van der Waals surface area contributed by atoms with Gasteiger partial charge in [-0.25, -0.2) is 0 Å². The van der Waals surface area contributed by atoms with Gasteiger partial charge in [-0.15, -0.1) is 0 Å². The third kappa shape index (κ3) is 48.4. The maximum Gasteiger partial charge on any atom is 0.220 e. The van der Waals surface area contributed by atoms with Gasteiger partial charge in [-0.2, -0.15) is 0 Å². The van der Waals surface area contributed by atoms with Crippen LogP contribution in [0.4, 0.5) is 0 Å². The van der Waals surface area contributed by atoms with Crippen molar-refractivity contribution in [2.75, 3.05) is 6.61 Å². The zero-order valence-corrected chi connectivity index (χ0v) is 41.5. The Balaban J connectivity index is 3.40. The fourth-order valence-electron chi connectivity index (χ4n) is 9.31. The molecule has 1 amide bonds. The van der Waals surface area contributed by atoms with E-state index in [1.165, 1.54) is 283 Å². The largest absolute Gasteiger partial charge is 0.394 e. The third-order valence-electron chi connectivity index (χ3n) is 13.6. The molecule has 0 heterocycles. The minimum atomic E-state index is -0.655. The van der Waals surface area contributed by atoms with Crippen molar-refractivity contribution in [1.29, 1.82) is 0 Å². The summed E-state index contributed by atoms with van der Waals surface area (Å²) < 4.78 is 0. The Labute approximate surface area is 378 Å². The molecule has 0 aliphatic rings. The standard InChI is InChI=1S/C56H113NO3/c1-3-5-7-9-11-13-15-17-19-21-23-25-26-27-28-29-30-32-33-35-37-39-41-43-45-47-49-51-55(59)54(53-58)57-56(60)52-50-48-46-44-42-40-38-36-34-31-24-22-20-18-16-14-12-10-8-6-4-2/h54-55,58-59H,3-53H2,1-2H3,(H,57,60). The second-order valence-corrected chi connectivity index (χ2v) is 19.7. The summed E-state index contributed by atoms with van der Waals surface area (Å²) in [6.07, 6.45) is 66.6. The average molecular weight is 849 g/mol. The molecule has 2 atom stereocenters. The number of carbonyl (C=O) groups excluding carboxylic acids is 1. The molecule has 360 valence electrons. The molecule has 0 aromatic heterocycles. The molecule has 0 aromatic rings. The van der Waals surface area contributed by atoms with Crippen molar-refractivity contribution < 1.29 is 15.0 Å². The molecule has 0 saturated carbocycles. The molecule has 0 fully saturated rings. The molecule has 4 heteroatoms. The van der Waals surface area contributed by atoms with E-state index in [1.807, 2.05) is 0 Å². The van der Waals surface area contributed by atoms with E-state index < -0.39 is 12.1 Å². The summed E-state index contributed by atoms with van der Waals surface area (Å²) in [6.45, 7) is 4.41. The number of hydrogen-bond acceptors (Lipinski definition) is 3. The molecule has 2 unspecified atom stereocenters. The van der Waals surface area contributed by atoms with E-state index in [4.69, 9.17) is 0 Å². The van der Waals surface area contributed by atoms with Gasteiger partial charge >= 0.3 is 0 Å². The highest BCUT2D eigenvalue weighted by molar-refractivity contribution is 5.76. The summed E-state index contributed by atoms with van der Waals surface area (Å²) in [7, 11) is 0. The van der Waals surface area contributed by atoms with E-state index in [9.17, 15) is 15.0 Å². The van der Waals surface area contributed by atoms with Gasteiger partial charge in [0.1, 0.15) is 0 Å². The van der Waals surface area contributed by atoms with Crippen molar-refractivity contribution in [2.24, 2.45) is 0 Å². The SMILES string of the molecule is CCCCCCCCCCCCCCCCCCCCCCCCCCCCCC(O)C(CO)NC(=O)CCCCCCCCCCCCCCCCCCCCCCC. The predicted octanol–water partition coefficient (Wildman–Crippen LogP) is 18.4. The molecule has 0 aliphatic carbocycles. The van der Waals surface area contributed by atoms with Gasteiger partial charge in [0.2, 0.25) is 5.91 Å². The molecule has 0 radical (unpaired) electrons. The van der Waals surface area contributed by atoms with Gasteiger partial charge in [0.15, 0.2) is 0 Å². The first kappa shape index (κ1) is 59.4. The van der Waals surface area contributed by atoms with Gasteiger partial charge in [0.25, 0.3) is 0 Å². The lowest BCUT2D eigenvalue weighted by Gasteiger charge is -2.22. The first-order chi connectivity index (χ1) is 29.7. The van der Waals surface area contributed by atoms with E-state index in [0.717, 1.165) is 25.7 Å². The van der Waals surface area contributed by atoms with Crippen LogP contribution in [-0.2, 0) is 4.79 Å². The molecule has 0 aliphatic heterocycles. The monoisotopic (exact) mass is 848 g/mol. The lowest BCUT2D eigenvalue weighted by atomic mass is 10.0. The molecule has 0 bridgehead atoms. The second-order valence-electron chi connectivity index (χ2n) is 19.7. The minimum absolute atomic E-state index is 0.0221. The summed E-state index contributed by atoms with van der Waals surface area (Å²) in [6, 6.07) is -0.531. The second kappa shape index (κ2) is 52.7. The van der Waals surface area contributed by atoms with Gasteiger partial charge in [-0.1, -0.05) is 316 Å². The van der Waals surface area contributed by atoms with Crippen molar-refractivity contribution in [3.63, 3.8) is 0 Å². The molecular weight excluding hydrogens is 735 g/mol. The van der Waals surface area contributed by atoms with Crippen LogP contribution in [0.1, 0.15) is 335 Å². The van der Waals surface area contributed by atoms with Crippen LogP contribution >= 0.6 is 0 Å². The first-order valence-electron chi connectivity index (χ1n) is 28.2. The highest BCUT2D eigenvalue weighted by Crippen LogP contribution is 2.18. The van der Waals surface area contributed by atoms with Crippen molar-refractivity contribution >= 4 is 5.91 Å². The Morgan fingerprint density at radius 1 is 0.333 bits per heavy atom. The maximum atomic E-state index is 12.5. The molecular formula is C56H113NO3. The van der Waals surface area contributed by atoms with Crippen molar-refractivity contribution in [3.8, 4) is 0 Å². The summed E-state index contributed by atoms with van der Waals surface area (Å²) in [5.41, 5.74) is 0. The zero-order valence-electron chi connectivity index (χ0n) is 41.5. The Morgan fingerprint density at radius 2 is 0.533 bits per heavy atom. The fourth-order valence-corrected chi connectivity index (χ4v) is 9.31. The lowest BCUT2D eigenvalue weighted by Crippen LogP contribution is -2.45. The van der Waals surface area contributed by atoms with E-state index in [-0.39, 0.29) is 12.5 Å². The van der Waals surface area contributed by atoms with Crippen LogP contribution in [0.2, 0.25) is 0 Å². The van der Waals surface area contributed by atoms with E-state index >= 15 is 0 Å². The summed E-state index contributed by atoms with van der Waals surface area (Å²) in [5.74, 6) is -0.0221. The van der Waals surface area contributed by atoms with Crippen LogP contribution in [0.25, 0.3) is 0 Å². The zero-order chi connectivity index (χ0) is 43.5. The number of rotatable bonds is 53. The van der Waals surface area contributed by atoms with Gasteiger partial charge in [-0.3, -0.25) is 4.79 Å². The third-order valence-corrected chi connectivity index (χ3v) is 13.6. The molecule has 60 heavy (non-hydrogen) atoms. The van der Waals surface area contributed by atoms with Crippen LogP contribution < -0.4 is 5.32 Å². The molecule has 0 saturated heterocycles. The Kier molecular flexibility index (Phi) is 52.2. The van der Waals surface area contributed by atoms with Gasteiger partial charge in [0, 0.05) is 6.42 Å².